The molecule has 8 nitrogen and oxygen atoms in total. The van der Waals surface area contributed by atoms with Crippen molar-refractivity contribution < 1.29 is 23.4 Å². The minimum Gasteiger partial charge on any atom is -0.487 e. The Labute approximate surface area is 205 Å². The van der Waals surface area contributed by atoms with Gasteiger partial charge in [0.15, 0.2) is 0 Å². The molecule has 0 fully saturated rings. The molecule has 0 saturated heterocycles. The molecule has 0 unspecified atom stereocenters. The molecule has 2 heterocycles. The number of benzene rings is 2. The number of rotatable bonds is 12. The zero-order valence-electron chi connectivity index (χ0n) is 20.2. The first-order valence-electron chi connectivity index (χ1n) is 11.9. The van der Waals surface area contributed by atoms with Gasteiger partial charge >= 0.3 is 5.97 Å². The van der Waals surface area contributed by atoms with Crippen LogP contribution in [0.4, 0.5) is 0 Å². The molecule has 0 spiro atoms. The summed E-state index contributed by atoms with van der Waals surface area (Å²) in [6.45, 7) is 6.32. The average molecular weight is 478 g/mol. The Balaban J connectivity index is 1.31. The molecule has 0 aliphatic carbocycles. The molecule has 1 aliphatic rings. The average Bonchev–Trinajstić information content (AvgIpc) is 3.51. The number of ether oxygens (including phenoxy) is 3. The van der Waals surface area contributed by atoms with Gasteiger partial charge in [0.05, 0.1) is 19.8 Å². The van der Waals surface area contributed by atoms with Gasteiger partial charge in [0.1, 0.15) is 24.3 Å². The predicted molar refractivity (Wildman–Crippen MR) is 131 cm³/mol. The van der Waals surface area contributed by atoms with E-state index in [0.717, 1.165) is 34.0 Å². The summed E-state index contributed by atoms with van der Waals surface area (Å²) in [4.78, 5) is 16.2. The van der Waals surface area contributed by atoms with E-state index in [1.807, 2.05) is 73.5 Å². The Morgan fingerprint density at radius 1 is 1.06 bits per heavy atom. The normalized spacial score (nSPS) is 13.3. The van der Waals surface area contributed by atoms with Crippen molar-refractivity contribution in [3.63, 3.8) is 0 Å². The van der Waals surface area contributed by atoms with E-state index < -0.39 is 0 Å². The van der Waals surface area contributed by atoms with Gasteiger partial charge in [0, 0.05) is 24.1 Å². The molecule has 0 atom stereocenters. The third kappa shape index (κ3) is 6.64. The lowest BCUT2D eigenvalue weighted by atomic mass is 10.1. The maximum Gasteiger partial charge on any atom is 0.306 e. The maximum absolute atomic E-state index is 11.7. The number of hydrazine groups is 1. The molecular weight excluding hydrogens is 446 g/mol. The van der Waals surface area contributed by atoms with Gasteiger partial charge in [0.25, 0.3) is 0 Å². The Hall–Kier alpha value is -3.78. The zero-order chi connectivity index (χ0) is 24.5. The second kappa shape index (κ2) is 12.1. The highest BCUT2D eigenvalue weighted by Gasteiger charge is 2.24. The SMILES string of the molecule is CCOC(=O)CCC1=C(OCC)N(Cc2ccc(OCc3coc(-c4ccccc4)n3)cc2)NC1. The van der Waals surface area contributed by atoms with Crippen LogP contribution in [-0.4, -0.2) is 35.7 Å². The maximum atomic E-state index is 11.7. The van der Waals surface area contributed by atoms with E-state index in [1.54, 1.807) is 6.26 Å². The fourth-order valence-electron chi connectivity index (χ4n) is 3.77. The van der Waals surface area contributed by atoms with Crippen LogP contribution >= 0.6 is 0 Å². The molecular formula is C27H31N3O5. The van der Waals surface area contributed by atoms with Gasteiger partial charge in [-0.25, -0.2) is 10.4 Å². The number of hydrogen-bond donors (Lipinski definition) is 1. The summed E-state index contributed by atoms with van der Waals surface area (Å²) in [7, 11) is 0. The molecule has 35 heavy (non-hydrogen) atoms. The number of esters is 1. The van der Waals surface area contributed by atoms with Crippen molar-refractivity contribution in [2.45, 2.75) is 39.8 Å². The summed E-state index contributed by atoms with van der Waals surface area (Å²) >= 11 is 0. The third-order valence-corrected chi connectivity index (χ3v) is 5.47. The van der Waals surface area contributed by atoms with E-state index in [9.17, 15) is 4.79 Å². The molecule has 3 aromatic rings. The van der Waals surface area contributed by atoms with Crippen LogP contribution in [0.3, 0.4) is 0 Å². The number of aromatic nitrogens is 1. The lowest BCUT2D eigenvalue weighted by molar-refractivity contribution is -0.143. The third-order valence-electron chi connectivity index (χ3n) is 5.47. The van der Waals surface area contributed by atoms with Gasteiger partial charge in [-0.1, -0.05) is 30.3 Å². The molecule has 1 aromatic heterocycles. The Kier molecular flexibility index (Phi) is 8.40. The van der Waals surface area contributed by atoms with Gasteiger partial charge in [-0.05, 0) is 50.1 Å². The molecule has 0 saturated carbocycles. The first kappa shape index (κ1) is 24.3. The molecule has 4 rings (SSSR count). The van der Waals surface area contributed by atoms with Crippen molar-refractivity contribution >= 4 is 5.97 Å². The second-order valence-corrected chi connectivity index (χ2v) is 8.01. The number of nitrogens with zero attached hydrogens (tertiary/aromatic N) is 2. The minimum absolute atomic E-state index is 0.188. The molecule has 1 aliphatic heterocycles. The molecule has 0 amide bonds. The van der Waals surface area contributed by atoms with Crippen LogP contribution in [-0.2, 0) is 27.4 Å². The van der Waals surface area contributed by atoms with Gasteiger partial charge in [-0.3, -0.25) is 9.80 Å². The highest BCUT2D eigenvalue weighted by molar-refractivity contribution is 5.69. The lowest BCUT2D eigenvalue weighted by Gasteiger charge is -2.22. The fourth-order valence-corrected chi connectivity index (χ4v) is 3.77. The summed E-state index contributed by atoms with van der Waals surface area (Å²) in [5.74, 6) is 1.93. The van der Waals surface area contributed by atoms with E-state index >= 15 is 0 Å². The highest BCUT2D eigenvalue weighted by Crippen LogP contribution is 2.24. The van der Waals surface area contributed by atoms with E-state index in [1.165, 1.54) is 0 Å². The van der Waals surface area contributed by atoms with Crippen LogP contribution in [0.2, 0.25) is 0 Å². The Bertz CT molecular complexity index is 1130. The van der Waals surface area contributed by atoms with E-state index in [2.05, 4.69) is 10.4 Å². The van der Waals surface area contributed by atoms with Crippen molar-refractivity contribution in [1.29, 1.82) is 0 Å². The topological polar surface area (TPSA) is 86.1 Å². The first-order chi connectivity index (χ1) is 17.2. The largest absolute Gasteiger partial charge is 0.487 e. The van der Waals surface area contributed by atoms with Crippen LogP contribution in [0.15, 0.2) is 76.7 Å². The quantitative estimate of drug-likeness (QED) is 0.371. The van der Waals surface area contributed by atoms with Gasteiger partial charge in [-0.15, -0.1) is 0 Å². The second-order valence-electron chi connectivity index (χ2n) is 8.01. The first-order valence-corrected chi connectivity index (χ1v) is 11.9. The Morgan fingerprint density at radius 2 is 1.86 bits per heavy atom. The van der Waals surface area contributed by atoms with Crippen LogP contribution < -0.4 is 10.2 Å². The molecule has 1 N–H and O–H groups in total. The number of nitrogens with one attached hydrogen (secondary N) is 1. The smallest absolute Gasteiger partial charge is 0.306 e. The van der Waals surface area contributed by atoms with Crippen molar-refractivity contribution in [2.24, 2.45) is 0 Å². The fraction of sp³-hybridized carbons (Fsp3) is 0.333. The van der Waals surface area contributed by atoms with E-state index in [-0.39, 0.29) is 5.97 Å². The summed E-state index contributed by atoms with van der Waals surface area (Å²) in [5, 5.41) is 1.99. The number of oxazole rings is 1. The molecule has 184 valence electrons. The number of carbonyl (C=O) groups excluding carboxylic acids is 1. The summed E-state index contributed by atoms with van der Waals surface area (Å²) in [6, 6.07) is 17.7. The minimum atomic E-state index is -0.188. The Morgan fingerprint density at radius 3 is 2.60 bits per heavy atom. The molecule has 8 heteroatoms. The van der Waals surface area contributed by atoms with Crippen LogP contribution in [0.1, 0.15) is 37.9 Å². The monoisotopic (exact) mass is 477 g/mol. The van der Waals surface area contributed by atoms with Crippen molar-refractivity contribution in [2.75, 3.05) is 19.8 Å². The number of hydrogen-bond acceptors (Lipinski definition) is 8. The molecule has 2 aromatic carbocycles. The van der Waals surface area contributed by atoms with Gasteiger partial charge in [0.2, 0.25) is 11.8 Å². The lowest BCUT2D eigenvalue weighted by Crippen LogP contribution is -2.32. The highest BCUT2D eigenvalue weighted by atomic mass is 16.5. The van der Waals surface area contributed by atoms with Crippen LogP contribution in [0.25, 0.3) is 11.5 Å². The standard InChI is InChI=1S/C27H31N3O5/c1-3-32-25(31)15-12-22-16-28-30(27(22)33-4-2)17-20-10-13-24(14-11-20)34-18-23-19-35-26(29-23)21-8-6-5-7-9-21/h5-11,13-14,19,28H,3-4,12,15-18H2,1-2H3. The predicted octanol–water partition coefficient (Wildman–Crippen LogP) is 4.83. The van der Waals surface area contributed by atoms with E-state index in [0.29, 0.717) is 51.6 Å². The van der Waals surface area contributed by atoms with Crippen molar-refractivity contribution in [3.8, 4) is 17.2 Å². The van der Waals surface area contributed by atoms with Crippen molar-refractivity contribution in [3.05, 3.63) is 83.6 Å². The van der Waals surface area contributed by atoms with Crippen LogP contribution in [0, 0.1) is 0 Å². The molecule has 0 radical (unpaired) electrons. The zero-order valence-corrected chi connectivity index (χ0v) is 20.2. The summed E-state index contributed by atoms with van der Waals surface area (Å²) < 4.78 is 22.4. The van der Waals surface area contributed by atoms with Crippen LogP contribution in [0.5, 0.6) is 5.75 Å². The van der Waals surface area contributed by atoms with Gasteiger partial charge in [-0.2, -0.15) is 0 Å². The summed E-state index contributed by atoms with van der Waals surface area (Å²) in [5.41, 5.74) is 7.19. The van der Waals surface area contributed by atoms with Crippen molar-refractivity contribution in [1.82, 2.24) is 15.4 Å². The molecule has 0 bridgehead atoms. The van der Waals surface area contributed by atoms with Gasteiger partial charge < -0.3 is 18.6 Å². The summed E-state index contributed by atoms with van der Waals surface area (Å²) in [6.07, 6.45) is 2.58. The van der Waals surface area contributed by atoms with E-state index in [4.69, 9.17) is 18.6 Å². The number of carbonyl (C=O) groups is 1.